The fraction of sp³-hybridized carbons (Fsp3) is 0.273. The molecule has 0 radical (unpaired) electrons. The Morgan fingerprint density at radius 2 is 2.10 bits per heavy atom. The van der Waals surface area contributed by atoms with Gasteiger partial charge in [0.15, 0.2) is 5.82 Å². The van der Waals surface area contributed by atoms with Crippen LogP contribution in [-0.4, -0.2) is 25.7 Å². The van der Waals surface area contributed by atoms with Crippen LogP contribution in [0, 0.1) is 12.7 Å². The number of thiazole rings is 1. The first kappa shape index (κ1) is 20.0. The maximum absolute atomic E-state index is 14.6. The minimum Gasteiger partial charge on any atom is -0.319 e. The Kier molecular flexibility index (Phi) is 5.37. The maximum Gasteiger partial charge on any atom is 0.267 e. The van der Waals surface area contributed by atoms with Gasteiger partial charge in [-0.25, -0.2) is 9.37 Å². The van der Waals surface area contributed by atoms with Crippen LogP contribution < -0.4 is 5.32 Å². The summed E-state index contributed by atoms with van der Waals surface area (Å²) in [6.45, 7) is 2.64. The molecule has 1 N–H and O–H groups in total. The van der Waals surface area contributed by atoms with Crippen molar-refractivity contribution in [3.05, 3.63) is 57.9 Å². The van der Waals surface area contributed by atoms with Crippen molar-refractivity contribution in [1.82, 2.24) is 19.7 Å². The normalized spacial score (nSPS) is 13.6. The molecule has 0 bridgehead atoms. The summed E-state index contributed by atoms with van der Waals surface area (Å²) in [5, 5.41) is 14.1. The second kappa shape index (κ2) is 8.32. The number of fused-ring (bicyclic) bond motifs is 1. The van der Waals surface area contributed by atoms with Crippen molar-refractivity contribution in [2.75, 3.05) is 5.32 Å². The summed E-state index contributed by atoms with van der Waals surface area (Å²) in [4.78, 5) is 18.9. The first-order valence-electron chi connectivity index (χ1n) is 10.1. The van der Waals surface area contributed by atoms with Gasteiger partial charge in [-0.05, 0) is 49.4 Å². The Morgan fingerprint density at radius 3 is 2.94 bits per heavy atom. The van der Waals surface area contributed by atoms with E-state index in [-0.39, 0.29) is 11.6 Å². The van der Waals surface area contributed by atoms with E-state index < -0.39 is 5.82 Å². The fourth-order valence-electron chi connectivity index (χ4n) is 3.75. The lowest BCUT2D eigenvalue weighted by atomic mass is 10.1. The molecule has 0 unspecified atom stereocenters. The highest BCUT2D eigenvalue weighted by Crippen LogP contribution is 2.32. The van der Waals surface area contributed by atoms with E-state index in [4.69, 9.17) is 0 Å². The van der Waals surface area contributed by atoms with Crippen LogP contribution in [0.4, 0.5) is 10.1 Å². The number of benzene rings is 1. The van der Waals surface area contributed by atoms with E-state index in [9.17, 15) is 9.18 Å². The molecule has 0 saturated carbocycles. The molecule has 0 aliphatic carbocycles. The summed E-state index contributed by atoms with van der Waals surface area (Å²) in [5.74, 6) is 0.812. The van der Waals surface area contributed by atoms with Gasteiger partial charge in [-0.3, -0.25) is 4.79 Å². The van der Waals surface area contributed by atoms with Crippen LogP contribution in [0.25, 0.3) is 21.3 Å². The highest BCUT2D eigenvalue weighted by molar-refractivity contribution is 7.22. The van der Waals surface area contributed by atoms with Crippen molar-refractivity contribution in [2.24, 2.45) is 0 Å². The standard InChI is InChI=1S/C22H20FN5OS2/c1-13-19(31-22(24-13)17-6-5-11-30-17)21(29)25-16-12-14(8-9-15(16)23)20-27-26-18-7-3-2-4-10-28(18)20/h5-6,8-9,11-12H,2-4,7,10H2,1H3,(H,25,29). The summed E-state index contributed by atoms with van der Waals surface area (Å²) in [6.07, 6.45) is 4.23. The molecular formula is C22H20FN5OS2. The summed E-state index contributed by atoms with van der Waals surface area (Å²) >= 11 is 2.88. The monoisotopic (exact) mass is 453 g/mol. The molecule has 1 aliphatic rings. The zero-order chi connectivity index (χ0) is 21.4. The topological polar surface area (TPSA) is 72.7 Å². The second-order valence-electron chi connectivity index (χ2n) is 7.46. The Bertz CT molecular complexity index is 1250. The van der Waals surface area contributed by atoms with Gasteiger partial charge in [-0.15, -0.1) is 32.9 Å². The number of nitrogens with one attached hydrogen (secondary N) is 1. The van der Waals surface area contributed by atoms with Gasteiger partial charge in [0, 0.05) is 18.5 Å². The van der Waals surface area contributed by atoms with Crippen molar-refractivity contribution < 1.29 is 9.18 Å². The van der Waals surface area contributed by atoms with Gasteiger partial charge in [0.25, 0.3) is 5.91 Å². The highest BCUT2D eigenvalue weighted by Gasteiger charge is 2.20. The Morgan fingerprint density at radius 1 is 1.19 bits per heavy atom. The third kappa shape index (κ3) is 3.90. The molecule has 6 nitrogen and oxygen atoms in total. The van der Waals surface area contributed by atoms with Gasteiger partial charge in [-0.2, -0.15) is 0 Å². The van der Waals surface area contributed by atoms with E-state index >= 15 is 0 Å². The van der Waals surface area contributed by atoms with Crippen LogP contribution in [0.1, 0.15) is 40.5 Å². The van der Waals surface area contributed by atoms with Crippen LogP contribution in [0.15, 0.2) is 35.7 Å². The number of amides is 1. The Labute approximate surface area is 186 Å². The van der Waals surface area contributed by atoms with Gasteiger partial charge in [0.2, 0.25) is 0 Å². The number of aryl methyl sites for hydroxylation is 2. The predicted octanol–water partition coefficient (Wildman–Crippen LogP) is 5.56. The first-order valence-corrected chi connectivity index (χ1v) is 11.8. The fourth-order valence-corrected chi connectivity index (χ4v) is 5.51. The van der Waals surface area contributed by atoms with E-state index in [1.54, 1.807) is 30.4 Å². The molecule has 158 valence electrons. The molecule has 5 rings (SSSR count). The smallest absolute Gasteiger partial charge is 0.267 e. The largest absolute Gasteiger partial charge is 0.319 e. The molecule has 0 fully saturated rings. The number of anilines is 1. The van der Waals surface area contributed by atoms with Crippen LogP contribution >= 0.6 is 22.7 Å². The van der Waals surface area contributed by atoms with Crippen LogP contribution in [0.2, 0.25) is 0 Å². The number of carbonyl (C=O) groups excluding carboxylic acids is 1. The van der Waals surface area contributed by atoms with Crippen molar-refractivity contribution in [3.63, 3.8) is 0 Å². The van der Waals surface area contributed by atoms with Crippen LogP contribution in [-0.2, 0) is 13.0 Å². The average molecular weight is 454 g/mol. The number of carbonyl (C=O) groups is 1. The van der Waals surface area contributed by atoms with Gasteiger partial charge >= 0.3 is 0 Å². The number of hydrogen-bond acceptors (Lipinski definition) is 6. The lowest BCUT2D eigenvalue weighted by molar-refractivity contribution is 0.102. The Balaban J connectivity index is 1.43. The summed E-state index contributed by atoms with van der Waals surface area (Å²) in [7, 11) is 0. The number of rotatable bonds is 4. The molecule has 0 spiro atoms. The van der Waals surface area contributed by atoms with Crippen molar-refractivity contribution in [3.8, 4) is 21.3 Å². The van der Waals surface area contributed by atoms with E-state index in [1.807, 2.05) is 17.5 Å². The quantitative estimate of drug-likeness (QED) is 0.439. The highest BCUT2D eigenvalue weighted by atomic mass is 32.1. The molecule has 0 saturated heterocycles. The maximum atomic E-state index is 14.6. The molecule has 31 heavy (non-hydrogen) atoms. The number of thiophene rings is 1. The lowest BCUT2D eigenvalue weighted by Gasteiger charge is -2.10. The molecule has 4 aromatic rings. The van der Waals surface area contributed by atoms with E-state index in [1.165, 1.54) is 17.4 Å². The third-order valence-corrected chi connectivity index (χ3v) is 7.51. The summed E-state index contributed by atoms with van der Waals surface area (Å²) in [5.41, 5.74) is 1.49. The Hall–Kier alpha value is -2.91. The number of nitrogens with zero attached hydrogens (tertiary/aromatic N) is 4. The van der Waals surface area contributed by atoms with Crippen molar-refractivity contribution in [1.29, 1.82) is 0 Å². The average Bonchev–Trinajstić information content (AvgIpc) is 3.47. The van der Waals surface area contributed by atoms with Gasteiger partial charge in [0.1, 0.15) is 21.5 Å². The van der Waals surface area contributed by atoms with E-state index in [0.29, 0.717) is 16.4 Å². The summed E-state index contributed by atoms with van der Waals surface area (Å²) in [6, 6.07) is 8.59. The van der Waals surface area contributed by atoms with Gasteiger partial charge < -0.3 is 9.88 Å². The number of halogens is 1. The molecule has 9 heteroatoms. The number of hydrogen-bond donors (Lipinski definition) is 1. The van der Waals surface area contributed by atoms with Crippen molar-refractivity contribution in [2.45, 2.75) is 39.2 Å². The van der Waals surface area contributed by atoms with Crippen LogP contribution in [0.3, 0.4) is 0 Å². The second-order valence-corrected chi connectivity index (χ2v) is 9.41. The molecule has 0 atom stereocenters. The minimum absolute atomic E-state index is 0.124. The third-order valence-electron chi connectivity index (χ3n) is 5.32. The summed E-state index contributed by atoms with van der Waals surface area (Å²) < 4.78 is 16.7. The molecule has 1 aromatic carbocycles. The molecule has 4 heterocycles. The van der Waals surface area contributed by atoms with E-state index in [2.05, 4.69) is 25.1 Å². The molecule has 1 aliphatic heterocycles. The van der Waals surface area contributed by atoms with Crippen molar-refractivity contribution >= 4 is 34.3 Å². The zero-order valence-corrected chi connectivity index (χ0v) is 18.5. The first-order chi connectivity index (χ1) is 15.1. The molecule has 3 aromatic heterocycles. The predicted molar refractivity (Wildman–Crippen MR) is 121 cm³/mol. The zero-order valence-electron chi connectivity index (χ0n) is 16.9. The van der Waals surface area contributed by atoms with Gasteiger partial charge in [-0.1, -0.05) is 12.5 Å². The van der Waals surface area contributed by atoms with Gasteiger partial charge in [0.05, 0.1) is 16.3 Å². The van der Waals surface area contributed by atoms with E-state index in [0.717, 1.165) is 53.5 Å². The SMILES string of the molecule is Cc1nc(-c2cccs2)sc1C(=O)Nc1cc(-c2nnc3n2CCCCC3)ccc1F. The molecule has 1 amide bonds. The minimum atomic E-state index is -0.492. The lowest BCUT2D eigenvalue weighted by Crippen LogP contribution is -2.13. The molecular weight excluding hydrogens is 433 g/mol. The van der Waals surface area contributed by atoms with Crippen LogP contribution in [0.5, 0.6) is 0 Å². The number of aromatic nitrogens is 4.